The Morgan fingerprint density at radius 2 is 2.00 bits per heavy atom. The predicted molar refractivity (Wildman–Crippen MR) is 122 cm³/mol. The van der Waals surface area contributed by atoms with E-state index >= 15 is 0 Å². The van der Waals surface area contributed by atoms with Gasteiger partial charge in [-0.1, -0.05) is 30.0 Å². The molecule has 1 N–H and O–H groups in total. The zero-order valence-electron chi connectivity index (χ0n) is 17.4. The molecule has 0 radical (unpaired) electrons. The molecule has 4 aromatic rings. The molecule has 0 saturated carbocycles. The van der Waals surface area contributed by atoms with Crippen LogP contribution in [0.25, 0.3) is 16.6 Å². The Hall–Kier alpha value is -2.89. The number of nitrogens with one attached hydrogen (secondary N) is 1. The molecular weight excluding hydrogens is 414 g/mol. The van der Waals surface area contributed by atoms with E-state index in [4.69, 9.17) is 0 Å². The molecule has 1 unspecified atom stereocenters. The molecular formula is C22H21N5OS2. The van der Waals surface area contributed by atoms with E-state index in [0.717, 1.165) is 38.1 Å². The lowest BCUT2D eigenvalue weighted by Crippen LogP contribution is -2.22. The summed E-state index contributed by atoms with van der Waals surface area (Å²) >= 11 is 2.79. The Morgan fingerprint density at radius 1 is 1.23 bits per heavy atom. The maximum atomic E-state index is 12.9. The molecule has 6 nitrogen and oxygen atoms in total. The standard InChI is InChI=1S/C22H21N5OS2/c1-11-7-6-8-16-12(2)9-18-25-26-22(27(18)19(11)16)30-15(5)20(28)24-21-17(10-23)13(3)14(4)29-21/h6-9,15H,1-5H3,(H,24,28). The van der Waals surface area contributed by atoms with Crippen molar-refractivity contribution in [2.45, 2.75) is 45.0 Å². The van der Waals surface area contributed by atoms with Crippen LogP contribution in [-0.4, -0.2) is 25.8 Å². The van der Waals surface area contributed by atoms with Gasteiger partial charge in [0.25, 0.3) is 0 Å². The lowest BCUT2D eigenvalue weighted by atomic mass is 10.1. The van der Waals surface area contributed by atoms with E-state index in [-0.39, 0.29) is 5.91 Å². The molecule has 1 amide bonds. The molecule has 0 aliphatic heterocycles. The molecule has 30 heavy (non-hydrogen) atoms. The number of aromatic nitrogens is 3. The van der Waals surface area contributed by atoms with Crippen LogP contribution >= 0.6 is 23.1 Å². The van der Waals surface area contributed by atoms with Crippen molar-refractivity contribution >= 4 is 50.6 Å². The van der Waals surface area contributed by atoms with Crippen LogP contribution in [0.1, 0.15) is 34.1 Å². The summed E-state index contributed by atoms with van der Waals surface area (Å²) in [5.41, 5.74) is 5.54. The van der Waals surface area contributed by atoms with Gasteiger partial charge in [-0.25, -0.2) is 0 Å². The van der Waals surface area contributed by atoms with E-state index in [1.807, 2.05) is 37.3 Å². The van der Waals surface area contributed by atoms with Crippen molar-refractivity contribution in [1.29, 1.82) is 5.26 Å². The maximum Gasteiger partial charge on any atom is 0.238 e. The molecule has 0 aliphatic rings. The number of nitrogens with zero attached hydrogens (tertiary/aromatic N) is 4. The molecule has 1 aromatic carbocycles. The number of rotatable bonds is 4. The largest absolute Gasteiger partial charge is 0.316 e. The average Bonchev–Trinajstić information content (AvgIpc) is 3.22. The molecule has 3 aromatic heterocycles. The number of para-hydroxylation sites is 1. The number of benzene rings is 1. The third-order valence-electron chi connectivity index (χ3n) is 5.28. The fourth-order valence-corrected chi connectivity index (χ4v) is 5.36. The topological polar surface area (TPSA) is 83.1 Å². The van der Waals surface area contributed by atoms with Crippen molar-refractivity contribution in [3.63, 3.8) is 0 Å². The van der Waals surface area contributed by atoms with Gasteiger partial charge in [0.05, 0.1) is 16.3 Å². The molecule has 0 bridgehead atoms. The Bertz CT molecular complexity index is 1350. The molecule has 0 saturated heterocycles. The van der Waals surface area contributed by atoms with Crippen molar-refractivity contribution in [3.05, 3.63) is 51.4 Å². The molecule has 3 heterocycles. The molecule has 4 rings (SSSR count). The number of pyridine rings is 1. The van der Waals surface area contributed by atoms with Gasteiger partial charge in [0.1, 0.15) is 11.1 Å². The monoisotopic (exact) mass is 435 g/mol. The van der Waals surface area contributed by atoms with Crippen LogP contribution in [0.4, 0.5) is 5.00 Å². The van der Waals surface area contributed by atoms with Crippen LogP contribution in [-0.2, 0) is 4.79 Å². The normalized spacial score (nSPS) is 12.3. The van der Waals surface area contributed by atoms with Crippen LogP contribution in [0.5, 0.6) is 0 Å². The molecule has 8 heteroatoms. The number of nitriles is 1. The highest BCUT2D eigenvalue weighted by molar-refractivity contribution is 8.00. The van der Waals surface area contributed by atoms with E-state index in [1.165, 1.54) is 23.1 Å². The summed E-state index contributed by atoms with van der Waals surface area (Å²) in [6.45, 7) is 9.82. The van der Waals surface area contributed by atoms with Crippen molar-refractivity contribution in [3.8, 4) is 6.07 Å². The summed E-state index contributed by atoms with van der Waals surface area (Å²) in [4.78, 5) is 13.9. The highest BCUT2D eigenvalue weighted by atomic mass is 32.2. The summed E-state index contributed by atoms with van der Waals surface area (Å²) in [6, 6.07) is 10.4. The second-order valence-electron chi connectivity index (χ2n) is 7.32. The number of amides is 1. The number of hydrogen-bond donors (Lipinski definition) is 1. The fraction of sp³-hybridized carbons (Fsp3) is 0.273. The number of aryl methyl sites for hydroxylation is 3. The Kier molecular flexibility index (Phi) is 5.26. The Labute approximate surface area is 182 Å². The van der Waals surface area contributed by atoms with Gasteiger partial charge in [-0.05, 0) is 57.4 Å². The number of carbonyl (C=O) groups is 1. The number of thioether (sulfide) groups is 1. The van der Waals surface area contributed by atoms with Crippen LogP contribution < -0.4 is 5.32 Å². The van der Waals surface area contributed by atoms with E-state index < -0.39 is 5.25 Å². The van der Waals surface area contributed by atoms with E-state index in [1.54, 1.807) is 0 Å². The van der Waals surface area contributed by atoms with E-state index in [2.05, 4.69) is 47.6 Å². The molecule has 0 aliphatic carbocycles. The van der Waals surface area contributed by atoms with Gasteiger partial charge in [0.2, 0.25) is 5.91 Å². The lowest BCUT2D eigenvalue weighted by Gasteiger charge is -2.13. The van der Waals surface area contributed by atoms with Crippen LogP contribution in [0, 0.1) is 39.0 Å². The van der Waals surface area contributed by atoms with Gasteiger partial charge in [-0.3, -0.25) is 9.20 Å². The smallest absolute Gasteiger partial charge is 0.238 e. The summed E-state index contributed by atoms with van der Waals surface area (Å²) in [5.74, 6) is -0.164. The van der Waals surface area contributed by atoms with Gasteiger partial charge >= 0.3 is 0 Å². The minimum atomic E-state index is -0.410. The molecule has 0 spiro atoms. The highest BCUT2D eigenvalue weighted by Crippen LogP contribution is 2.33. The highest BCUT2D eigenvalue weighted by Gasteiger charge is 2.22. The minimum absolute atomic E-state index is 0.164. The van der Waals surface area contributed by atoms with E-state index in [0.29, 0.717) is 15.7 Å². The second-order valence-corrected chi connectivity index (χ2v) is 9.86. The summed E-state index contributed by atoms with van der Waals surface area (Å²) in [6.07, 6.45) is 0. The quantitative estimate of drug-likeness (QED) is 0.447. The average molecular weight is 436 g/mol. The fourth-order valence-electron chi connectivity index (χ4n) is 3.48. The molecule has 152 valence electrons. The third kappa shape index (κ3) is 3.34. The first-order chi connectivity index (χ1) is 14.3. The second kappa shape index (κ2) is 7.74. The van der Waals surface area contributed by atoms with Crippen molar-refractivity contribution in [2.24, 2.45) is 0 Å². The Morgan fingerprint density at radius 3 is 2.73 bits per heavy atom. The maximum absolute atomic E-state index is 12.9. The number of hydrogen-bond acceptors (Lipinski definition) is 6. The van der Waals surface area contributed by atoms with Crippen molar-refractivity contribution in [2.75, 3.05) is 5.32 Å². The number of carbonyl (C=O) groups excluding carboxylic acids is 1. The van der Waals surface area contributed by atoms with Crippen molar-refractivity contribution in [1.82, 2.24) is 14.6 Å². The van der Waals surface area contributed by atoms with Gasteiger partial charge in [0, 0.05) is 10.3 Å². The predicted octanol–water partition coefficient (Wildman–Crippen LogP) is 5.17. The summed E-state index contributed by atoms with van der Waals surface area (Å²) in [7, 11) is 0. The van der Waals surface area contributed by atoms with Gasteiger partial charge in [-0.15, -0.1) is 21.5 Å². The van der Waals surface area contributed by atoms with Crippen LogP contribution in [0.3, 0.4) is 0 Å². The first-order valence-corrected chi connectivity index (χ1v) is 11.2. The van der Waals surface area contributed by atoms with Crippen molar-refractivity contribution < 1.29 is 4.79 Å². The third-order valence-corrected chi connectivity index (χ3v) is 7.44. The lowest BCUT2D eigenvalue weighted by molar-refractivity contribution is -0.115. The van der Waals surface area contributed by atoms with Crippen LogP contribution in [0.15, 0.2) is 29.4 Å². The minimum Gasteiger partial charge on any atom is -0.316 e. The zero-order chi connectivity index (χ0) is 21.6. The molecule has 0 fully saturated rings. The summed E-state index contributed by atoms with van der Waals surface area (Å²) < 4.78 is 2.02. The van der Waals surface area contributed by atoms with Crippen LogP contribution in [0.2, 0.25) is 0 Å². The number of thiophene rings is 1. The van der Waals surface area contributed by atoms with Gasteiger partial charge < -0.3 is 5.32 Å². The Balaban J connectivity index is 1.67. The van der Waals surface area contributed by atoms with E-state index in [9.17, 15) is 10.1 Å². The zero-order valence-corrected chi connectivity index (χ0v) is 19.0. The molecule has 1 atom stereocenters. The first-order valence-electron chi connectivity index (χ1n) is 9.53. The summed E-state index contributed by atoms with van der Waals surface area (Å²) in [5, 5.41) is 23.0. The number of anilines is 1. The SMILES string of the molecule is Cc1sc(NC(=O)C(C)Sc2nnc3cc(C)c4cccc(C)c4n23)c(C#N)c1C. The van der Waals surface area contributed by atoms with Gasteiger partial charge in [-0.2, -0.15) is 5.26 Å². The number of fused-ring (bicyclic) bond motifs is 3. The first kappa shape index (κ1) is 20.4. The van der Waals surface area contributed by atoms with Gasteiger partial charge in [0.15, 0.2) is 10.8 Å².